The highest BCUT2D eigenvalue weighted by Crippen LogP contribution is 2.15. The van der Waals surface area contributed by atoms with E-state index in [2.05, 4.69) is 5.32 Å². The van der Waals surface area contributed by atoms with Crippen LogP contribution in [0.5, 0.6) is 0 Å². The van der Waals surface area contributed by atoms with Crippen LogP contribution in [0.3, 0.4) is 0 Å². The molecule has 1 rings (SSSR count). The number of benzene rings is 1. The number of amides is 2. The normalized spacial score (nSPS) is 10.2. The van der Waals surface area contributed by atoms with Gasteiger partial charge in [0.05, 0.1) is 12.2 Å². The number of hydrogen-bond donors (Lipinski definition) is 2. The molecule has 0 fully saturated rings. The van der Waals surface area contributed by atoms with Gasteiger partial charge >= 0.3 is 12.0 Å². The van der Waals surface area contributed by atoms with Crippen molar-refractivity contribution in [3.05, 3.63) is 29.3 Å². The first kappa shape index (κ1) is 16.0. The first-order valence-electron chi connectivity index (χ1n) is 6.39. The third kappa shape index (κ3) is 4.55. The highest BCUT2D eigenvalue weighted by molar-refractivity contribution is 5.92. The summed E-state index contributed by atoms with van der Waals surface area (Å²) in [6.45, 7) is 5.18. The maximum atomic E-state index is 11.9. The van der Waals surface area contributed by atoms with Crippen LogP contribution in [0.2, 0.25) is 0 Å². The smallest absolute Gasteiger partial charge is 0.335 e. The third-order valence-corrected chi connectivity index (χ3v) is 2.83. The molecule has 1 aromatic carbocycles. The fourth-order valence-corrected chi connectivity index (χ4v) is 1.65. The highest BCUT2D eigenvalue weighted by atomic mass is 16.5. The second-order valence-electron chi connectivity index (χ2n) is 4.38. The monoisotopic (exact) mass is 280 g/mol. The number of aromatic carboxylic acids is 1. The zero-order valence-corrected chi connectivity index (χ0v) is 12.0. The number of anilines is 1. The van der Waals surface area contributed by atoms with Crippen molar-refractivity contribution in [3.63, 3.8) is 0 Å². The SMILES string of the molecule is CCOCCN(C)C(=O)Nc1ccc(C(=O)O)c(C)c1. The van der Waals surface area contributed by atoms with E-state index >= 15 is 0 Å². The van der Waals surface area contributed by atoms with Crippen LogP contribution in [0.25, 0.3) is 0 Å². The molecule has 0 aromatic heterocycles. The quantitative estimate of drug-likeness (QED) is 0.783. The molecule has 0 heterocycles. The Morgan fingerprint density at radius 1 is 1.40 bits per heavy atom. The fraction of sp³-hybridized carbons (Fsp3) is 0.429. The molecule has 0 unspecified atom stereocenters. The van der Waals surface area contributed by atoms with Crippen LogP contribution in [-0.2, 0) is 4.74 Å². The highest BCUT2D eigenvalue weighted by Gasteiger charge is 2.11. The van der Waals surface area contributed by atoms with E-state index in [1.807, 2.05) is 6.92 Å². The molecule has 0 atom stereocenters. The van der Waals surface area contributed by atoms with Gasteiger partial charge in [-0.25, -0.2) is 9.59 Å². The summed E-state index contributed by atoms with van der Waals surface area (Å²) in [5.74, 6) is -0.978. The standard InChI is InChI=1S/C14H20N2O4/c1-4-20-8-7-16(3)14(19)15-11-5-6-12(13(17)18)10(2)9-11/h5-6,9H,4,7-8H2,1-3H3,(H,15,19)(H,17,18). The number of carboxylic acid groups (broad SMARTS) is 1. The van der Waals surface area contributed by atoms with Gasteiger partial charge in [0.1, 0.15) is 0 Å². The van der Waals surface area contributed by atoms with Crippen molar-refractivity contribution in [2.45, 2.75) is 13.8 Å². The van der Waals surface area contributed by atoms with E-state index in [0.29, 0.717) is 31.0 Å². The van der Waals surface area contributed by atoms with Crippen molar-refractivity contribution in [3.8, 4) is 0 Å². The van der Waals surface area contributed by atoms with Gasteiger partial charge in [0.2, 0.25) is 0 Å². The molecular formula is C14H20N2O4. The number of likely N-dealkylation sites (N-methyl/N-ethyl adjacent to an activating group) is 1. The summed E-state index contributed by atoms with van der Waals surface area (Å²) < 4.78 is 5.18. The predicted octanol–water partition coefficient (Wildman–Crippen LogP) is 2.19. The van der Waals surface area contributed by atoms with Gasteiger partial charge in [0.15, 0.2) is 0 Å². The molecule has 0 saturated carbocycles. The lowest BCUT2D eigenvalue weighted by molar-refractivity contribution is 0.0696. The summed E-state index contributed by atoms with van der Waals surface area (Å²) in [7, 11) is 1.67. The number of nitrogens with zero attached hydrogens (tertiary/aromatic N) is 1. The Morgan fingerprint density at radius 3 is 2.65 bits per heavy atom. The van der Waals surface area contributed by atoms with Crippen LogP contribution in [0.4, 0.5) is 10.5 Å². The van der Waals surface area contributed by atoms with Crippen LogP contribution >= 0.6 is 0 Å². The lowest BCUT2D eigenvalue weighted by Gasteiger charge is -2.18. The summed E-state index contributed by atoms with van der Waals surface area (Å²) in [4.78, 5) is 24.3. The molecule has 1 aromatic rings. The Morgan fingerprint density at radius 2 is 2.10 bits per heavy atom. The number of carbonyl (C=O) groups is 2. The van der Waals surface area contributed by atoms with Crippen molar-refractivity contribution < 1.29 is 19.4 Å². The summed E-state index contributed by atoms with van der Waals surface area (Å²) in [5, 5.41) is 11.7. The molecule has 0 aliphatic rings. The lowest BCUT2D eigenvalue weighted by atomic mass is 10.1. The Labute approximate surface area is 118 Å². The molecule has 0 spiro atoms. The molecule has 20 heavy (non-hydrogen) atoms. The molecule has 0 aliphatic heterocycles. The molecule has 110 valence electrons. The van der Waals surface area contributed by atoms with E-state index in [-0.39, 0.29) is 11.6 Å². The van der Waals surface area contributed by atoms with Gasteiger partial charge in [-0.15, -0.1) is 0 Å². The van der Waals surface area contributed by atoms with E-state index in [0.717, 1.165) is 0 Å². The number of urea groups is 1. The summed E-state index contributed by atoms with van der Waals surface area (Å²) >= 11 is 0. The molecule has 2 N–H and O–H groups in total. The zero-order chi connectivity index (χ0) is 15.1. The topological polar surface area (TPSA) is 78.9 Å². The molecule has 0 radical (unpaired) electrons. The van der Waals surface area contributed by atoms with Crippen LogP contribution in [-0.4, -0.2) is 48.8 Å². The lowest BCUT2D eigenvalue weighted by Crippen LogP contribution is -2.34. The number of carboxylic acids is 1. The van der Waals surface area contributed by atoms with E-state index in [1.54, 1.807) is 26.1 Å². The van der Waals surface area contributed by atoms with Gasteiger partial charge in [-0.05, 0) is 37.6 Å². The largest absolute Gasteiger partial charge is 0.478 e. The minimum atomic E-state index is -0.978. The van der Waals surface area contributed by atoms with Crippen LogP contribution in [0.15, 0.2) is 18.2 Å². The van der Waals surface area contributed by atoms with Gasteiger partial charge < -0.3 is 20.1 Å². The molecule has 6 heteroatoms. The average molecular weight is 280 g/mol. The number of nitrogens with one attached hydrogen (secondary N) is 1. The molecule has 0 bridgehead atoms. The maximum absolute atomic E-state index is 11.9. The minimum Gasteiger partial charge on any atom is -0.478 e. The van der Waals surface area contributed by atoms with Gasteiger partial charge in [0.25, 0.3) is 0 Å². The Balaban J connectivity index is 2.62. The van der Waals surface area contributed by atoms with Crippen molar-refractivity contribution >= 4 is 17.7 Å². The second-order valence-corrected chi connectivity index (χ2v) is 4.38. The molecule has 0 saturated heterocycles. The van der Waals surface area contributed by atoms with E-state index in [1.165, 1.54) is 11.0 Å². The van der Waals surface area contributed by atoms with E-state index in [4.69, 9.17) is 9.84 Å². The van der Waals surface area contributed by atoms with Crippen LogP contribution in [0.1, 0.15) is 22.8 Å². The van der Waals surface area contributed by atoms with Crippen LogP contribution in [0, 0.1) is 6.92 Å². The molecule has 2 amide bonds. The van der Waals surface area contributed by atoms with Crippen molar-refractivity contribution in [2.75, 3.05) is 32.1 Å². The van der Waals surface area contributed by atoms with Crippen molar-refractivity contribution in [2.24, 2.45) is 0 Å². The van der Waals surface area contributed by atoms with E-state index in [9.17, 15) is 9.59 Å². The number of hydrogen-bond acceptors (Lipinski definition) is 3. The van der Waals surface area contributed by atoms with Gasteiger partial charge in [-0.3, -0.25) is 0 Å². The number of ether oxygens (including phenoxy) is 1. The molecular weight excluding hydrogens is 260 g/mol. The Bertz CT molecular complexity index is 488. The predicted molar refractivity (Wildman–Crippen MR) is 76.3 cm³/mol. The summed E-state index contributed by atoms with van der Waals surface area (Å²) in [5.41, 5.74) is 1.40. The fourth-order valence-electron chi connectivity index (χ4n) is 1.65. The van der Waals surface area contributed by atoms with Gasteiger partial charge in [-0.1, -0.05) is 0 Å². The Hall–Kier alpha value is -2.08. The van der Waals surface area contributed by atoms with E-state index < -0.39 is 5.97 Å². The number of rotatable bonds is 6. The molecule has 6 nitrogen and oxygen atoms in total. The first-order chi connectivity index (χ1) is 9.45. The third-order valence-electron chi connectivity index (χ3n) is 2.83. The summed E-state index contributed by atoms with van der Waals surface area (Å²) in [6, 6.07) is 4.43. The Kier molecular flexibility index (Phi) is 5.99. The maximum Gasteiger partial charge on any atom is 0.335 e. The second kappa shape index (κ2) is 7.49. The zero-order valence-electron chi connectivity index (χ0n) is 12.0. The van der Waals surface area contributed by atoms with Crippen molar-refractivity contribution in [1.82, 2.24) is 4.90 Å². The average Bonchev–Trinajstić information content (AvgIpc) is 2.38. The molecule has 0 aliphatic carbocycles. The van der Waals surface area contributed by atoms with Crippen LogP contribution < -0.4 is 5.32 Å². The van der Waals surface area contributed by atoms with Gasteiger partial charge in [-0.2, -0.15) is 0 Å². The van der Waals surface area contributed by atoms with Crippen molar-refractivity contribution in [1.29, 1.82) is 0 Å². The number of carbonyl (C=O) groups excluding carboxylic acids is 1. The van der Waals surface area contributed by atoms with Gasteiger partial charge in [0, 0.05) is 25.9 Å². The summed E-state index contributed by atoms with van der Waals surface area (Å²) in [6.07, 6.45) is 0. The first-order valence-corrected chi connectivity index (χ1v) is 6.39. The number of aryl methyl sites for hydroxylation is 1. The minimum absolute atomic E-state index is 0.229.